The van der Waals surface area contributed by atoms with Gasteiger partial charge in [0.25, 0.3) is 11.8 Å². The number of nitrogens with one attached hydrogen (secondary N) is 2. The first kappa shape index (κ1) is 16.4. The van der Waals surface area contributed by atoms with Crippen LogP contribution in [0, 0.1) is 0 Å². The fourth-order valence-electron chi connectivity index (χ4n) is 1.23. The third-order valence-electron chi connectivity index (χ3n) is 2.13. The molecule has 0 saturated heterocycles. The highest BCUT2D eigenvalue weighted by molar-refractivity contribution is 6.30. The Balaban J connectivity index is 2.32. The number of esters is 1. The van der Waals surface area contributed by atoms with Crippen LogP contribution >= 0.6 is 11.6 Å². The van der Waals surface area contributed by atoms with Crippen LogP contribution in [0.2, 0.25) is 5.02 Å². The zero-order valence-corrected chi connectivity index (χ0v) is 11.5. The van der Waals surface area contributed by atoms with Crippen LogP contribution in [0.5, 0.6) is 0 Å². The lowest BCUT2D eigenvalue weighted by atomic mass is 10.2. The van der Waals surface area contributed by atoms with Gasteiger partial charge in [0.1, 0.15) is 6.54 Å². The fourth-order valence-corrected chi connectivity index (χ4v) is 1.35. The minimum atomic E-state index is -1.05. The summed E-state index contributed by atoms with van der Waals surface area (Å²) in [5, 5.41) is 4.50. The topological polar surface area (TPSA) is 128 Å². The Labute approximate surface area is 124 Å². The Bertz CT molecular complexity index is 559. The molecule has 0 radical (unpaired) electrons. The van der Waals surface area contributed by atoms with Crippen molar-refractivity contribution in [3.63, 3.8) is 0 Å². The van der Waals surface area contributed by atoms with Crippen molar-refractivity contribution in [1.29, 1.82) is 0 Å². The van der Waals surface area contributed by atoms with Crippen LogP contribution in [0.1, 0.15) is 10.4 Å². The molecule has 0 bridgehead atoms. The molecule has 9 heteroatoms. The lowest BCUT2D eigenvalue weighted by molar-refractivity contribution is -0.147. The minimum absolute atomic E-state index is 0.318. The molecule has 8 nitrogen and oxygen atoms in total. The molecule has 1 aromatic carbocycles. The summed E-state index contributed by atoms with van der Waals surface area (Å²) in [4.78, 5) is 44.2. The maximum absolute atomic E-state index is 11.6. The van der Waals surface area contributed by atoms with Crippen LogP contribution < -0.4 is 16.4 Å². The molecule has 4 amide bonds. The Morgan fingerprint density at radius 2 is 1.76 bits per heavy atom. The van der Waals surface area contributed by atoms with E-state index in [0.29, 0.717) is 10.6 Å². The van der Waals surface area contributed by atoms with Crippen molar-refractivity contribution in [2.75, 3.05) is 13.2 Å². The van der Waals surface area contributed by atoms with Crippen LogP contribution in [0.15, 0.2) is 24.3 Å². The number of hydrogen-bond donors (Lipinski definition) is 3. The average molecular weight is 314 g/mol. The van der Waals surface area contributed by atoms with E-state index in [4.69, 9.17) is 17.3 Å². The molecule has 1 rings (SSSR count). The van der Waals surface area contributed by atoms with Crippen LogP contribution in [-0.4, -0.2) is 37.0 Å². The molecule has 1 aromatic rings. The van der Waals surface area contributed by atoms with Crippen molar-refractivity contribution in [2.24, 2.45) is 5.73 Å². The van der Waals surface area contributed by atoms with Gasteiger partial charge in [-0.3, -0.25) is 19.7 Å². The van der Waals surface area contributed by atoms with Crippen LogP contribution in [0.4, 0.5) is 4.79 Å². The molecule has 0 aliphatic carbocycles. The van der Waals surface area contributed by atoms with Gasteiger partial charge in [0.15, 0.2) is 6.61 Å². The van der Waals surface area contributed by atoms with Gasteiger partial charge >= 0.3 is 12.0 Å². The van der Waals surface area contributed by atoms with Crippen molar-refractivity contribution >= 4 is 35.4 Å². The SMILES string of the molecule is NC(=O)NC(=O)COC(=O)CNC(=O)c1ccc(Cl)cc1. The monoisotopic (exact) mass is 313 g/mol. The van der Waals surface area contributed by atoms with Crippen molar-refractivity contribution in [2.45, 2.75) is 0 Å². The number of hydrogen-bond acceptors (Lipinski definition) is 5. The normalized spacial score (nSPS) is 9.57. The van der Waals surface area contributed by atoms with E-state index in [0.717, 1.165) is 0 Å². The number of urea groups is 1. The number of benzene rings is 1. The number of amides is 4. The minimum Gasteiger partial charge on any atom is -0.454 e. The number of imide groups is 1. The van der Waals surface area contributed by atoms with Gasteiger partial charge in [-0.1, -0.05) is 11.6 Å². The molecule has 0 aromatic heterocycles. The first-order chi connectivity index (χ1) is 9.88. The molecule has 112 valence electrons. The predicted octanol–water partition coefficient (Wildman–Crippen LogP) is -0.192. The molecule has 21 heavy (non-hydrogen) atoms. The first-order valence-corrected chi connectivity index (χ1v) is 6.05. The highest BCUT2D eigenvalue weighted by Gasteiger charge is 2.11. The van der Waals surface area contributed by atoms with E-state index in [1.807, 2.05) is 0 Å². The zero-order valence-electron chi connectivity index (χ0n) is 10.7. The number of primary amides is 1. The second kappa shape index (κ2) is 7.85. The van der Waals surface area contributed by atoms with Crippen molar-refractivity contribution < 1.29 is 23.9 Å². The summed E-state index contributed by atoms with van der Waals surface area (Å²) in [6.07, 6.45) is 0. The summed E-state index contributed by atoms with van der Waals surface area (Å²) in [6, 6.07) is 4.99. The number of rotatable bonds is 5. The van der Waals surface area contributed by atoms with Gasteiger partial charge < -0.3 is 15.8 Å². The maximum Gasteiger partial charge on any atom is 0.325 e. The first-order valence-electron chi connectivity index (χ1n) is 5.67. The highest BCUT2D eigenvalue weighted by Crippen LogP contribution is 2.09. The molecular formula is C12H12ClN3O5. The molecule has 4 N–H and O–H groups in total. The van der Waals surface area contributed by atoms with Crippen LogP contribution in [0.25, 0.3) is 0 Å². The second-order valence-electron chi connectivity index (χ2n) is 3.76. The molecule has 0 atom stereocenters. The van der Waals surface area contributed by atoms with Gasteiger partial charge in [0.2, 0.25) is 0 Å². The summed E-state index contributed by atoms with van der Waals surface area (Å²) >= 11 is 5.67. The summed E-state index contributed by atoms with van der Waals surface area (Å²) < 4.78 is 4.52. The Morgan fingerprint density at radius 3 is 2.33 bits per heavy atom. The van der Waals surface area contributed by atoms with E-state index in [1.165, 1.54) is 24.3 Å². The van der Waals surface area contributed by atoms with E-state index in [2.05, 4.69) is 10.1 Å². The van der Waals surface area contributed by atoms with Crippen molar-refractivity contribution in [3.8, 4) is 0 Å². The van der Waals surface area contributed by atoms with Gasteiger partial charge in [-0.15, -0.1) is 0 Å². The second-order valence-corrected chi connectivity index (χ2v) is 4.20. The number of halogens is 1. The summed E-state index contributed by atoms with van der Waals surface area (Å²) in [6.45, 7) is -1.09. The van der Waals surface area contributed by atoms with Gasteiger partial charge in [0.05, 0.1) is 0 Å². The number of nitrogens with two attached hydrogens (primary N) is 1. The molecule has 0 aliphatic heterocycles. The maximum atomic E-state index is 11.6. The Morgan fingerprint density at radius 1 is 1.14 bits per heavy atom. The van der Waals surface area contributed by atoms with E-state index in [1.54, 1.807) is 5.32 Å². The molecule has 0 fully saturated rings. The molecule has 0 unspecified atom stereocenters. The Kier molecular flexibility index (Phi) is 6.15. The quantitative estimate of drug-likeness (QED) is 0.649. The smallest absolute Gasteiger partial charge is 0.325 e. The third-order valence-corrected chi connectivity index (χ3v) is 2.38. The zero-order chi connectivity index (χ0) is 15.8. The van der Waals surface area contributed by atoms with Crippen molar-refractivity contribution in [3.05, 3.63) is 34.9 Å². The third kappa shape index (κ3) is 6.39. The van der Waals surface area contributed by atoms with E-state index in [-0.39, 0.29) is 0 Å². The van der Waals surface area contributed by atoms with Crippen molar-refractivity contribution in [1.82, 2.24) is 10.6 Å². The molecule has 0 saturated carbocycles. The Hall–Kier alpha value is -2.61. The summed E-state index contributed by atoms with van der Waals surface area (Å²) in [7, 11) is 0. The van der Waals surface area contributed by atoms with Gasteiger partial charge in [-0.05, 0) is 24.3 Å². The van der Waals surface area contributed by atoms with E-state index < -0.39 is 37.0 Å². The molecule has 0 heterocycles. The number of ether oxygens (including phenoxy) is 1. The average Bonchev–Trinajstić information content (AvgIpc) is 2.42. The van der Waals surface area contributed by atoms with Gasteiger partial charge in [-0.25, -0.2) is 4.79 Å². The molecule has 0 aliphatic rings. The summed E-state index contributed by atoms with van der Waals surface area (Å²) in [5.74, 6) is -2.19. The number of carbonyl (C=O) groups is 4. The van der Waals surface area contributed by atoms with Crippen LogP contribution in [-0.2, 0) is 14.3 Å². The fraction of sp³-hybridized carbons (Fsp3) is 0.167. The number of carbonyl (C=O) groups excluding carboxylic acids is 4. The molecule has 0 spiro atoms. The van der Waals surface area contributed by atoms with Gasteiger partial charge in [0, 0.05) is 10.6 Å². The highest BCUT2D eigenvalue weighted by atomic mass is 35.5. The lowest BCUT2D eigenvalue weighted by Crippen LogP contribution is -2.39. The largest absolute Gasteiger partial charge is 0.454 e. The summed E-state index contributed by atoms with van der Waals surface area (Å²) in [5.41, 5.74) is 5.01. The van der Waals surface area contributed by atoms with E-state index in [9.17, 15) is 19.2 Å². The standard InChI is InChI=1S/C12H12ClN3O5/c13-8-3-1-7(2-4-8)11(19)15-5-10(18)21-6-9(17)16-12(14)20/h1-4H,5-6H2,(H,15,19)(H3,14,16,17,20). The van der Waals surface area contributed by atoms with Crippen LogP contribution in [0.3, 0.4) is 0 Å². The molecular weight excluding hydrogens is 302 g/mol. The van der Waals surface area contributed by atoms with Gasteiger partial charge in [-0.2, -0.15) is 0 Å². The van der Waals surface area contributed by atoms with E-state index >= 15 is 0 Å². The predicted molar refractivity (Wildman–Crippen MR) is 72.5 cm³/mol. The lowest BCUT2D eigenvalue weighted by Gasteiger charge is -2.06.